The van der Waals surface area contributed by atoms with Crippen molar-refractivity contribution in [1.82, 2.24) is 4.90 Å². The second-order valence-corrected chi connectivity index (χ2v) is 6.38. The molecule has 0 heterocycles. The van der Waals surface area contributed by atoms with Gasteiger partial charge in [-0.05, 0) is 68.6 Å². The van der Waals surface area contributed by atoms with Crippen molar-refractivity contribution >= 4 is 11.8 Å². The van der Waals surface area contributed by atoms with Crippen LogP contribution in [0, 0.1) is 0 Å². The molecule has 0 aromatic heterocycles. The molecule has 0 fully saturated rings. The first-order valence-electron chi connectivity index (χ1n) is 7.68. The zero-order valence-corrected chi connectivity index (χ0v) is 13.4. The maximum Gasteiger partial charge on any atom is 0.0139 e. The first-order valence-corrected chi connectivity index (χ1v) is 8.91. The molecule has 0 aliphatic heterocycles. The van der Waals surface area contributed by atoms with Gasteiger partial charge in [0.25, 0.3) is 0 Å². The number of hydrogen-bond donors (Lipinski definition) is 0. The lowest BCUT2D eigenvalue weighted by Gasteiger charge is -2.35. The Morgan fingerprint density at radius 2 is 1.95 bits per heavy atom. The molecule has 0 radical (unpaired) electrons. The average molecular weight is 277 g/mol. The lowest BCUT2D eigenvalue weighted by molar-refractivity contribution is 0.179. The fourth-order valence-corrected chi connectivity index (χ4v) is 3.97. The molecular formula is C17H27NS. The number of hydrogen-bond acceptors (Lipinski definition) is 2. The molecule has 0 unspecified atom stereocenters. The van der Waals surface area contributed by atoms with Crippen LogP contribution in [0.2, 0.25) is 0 Å². The first-order chi connectivity index (χ1) is 9.30. The molecule has 1 aromatic rings. The minimum absolute atomic E-state index is 0.765. The molecule has 1 nitrogen and oxygen atoms in total. The molecule has 1 aromatic carbocycles. The third-order valence-corrected chi connectivity index (χ3v) is 5.00. The molecule has 19 heavy (non-hydrogen) atoms. The van der Waals surface area contributed by atoms with Gasteiger partial charge < -0.3 is 4.90 Å². The molecule has 2 rings (SSSR count). The van der Waals surface area contributed by atoms with Crippen LogP contribution in [0.25, 0.3) is 0 Å². The SMILES string of the molecule is CCCN(CCC)[C@@H]1CCc2cccc(SC)c2C1. The third-order valence-electron chi connectivity index (χ3n) is 4.17. The van der Waals surface area contributed by atoms with E-state index in [0.717, 1.165) is 6.04 Å². The van der Waals surface area contributed by atoms with Gasteiger partial charge in [0.05, 0.1) is 0 Å². The van der Waals surface area contributed by atoms with Crippen molar-refractivity contribution in [2.24, 2.45) is 0 Å². The van der Waals surface area contributed by atoms with E-state index in [9.17, 15) is 0 Å². The number of rotatable bonds is 6. The summed E-state index contributed by atoms with van der Waals surface area (Å²) in [5, 5.41) is 0. The van der Waals surface area contributed by atoms with Crippen LogP contribution in [-0.2, 0) is 12.8 Å². The summed E-state index contributed by atoms with van der Waals surface area (Å²) in [4.78, 5) is 4.22. The van der Waals surface area contributed by atoms with Crippen LogP contribution in [0.15, 0.2) is 23.1 Å². The van der Waals surface area contributed by atoms with Crippen LogP contribution in [0.1, 0.15) is 44.2 Å². The van der Waals surface area contributed by atoms with Gasteiger partial charge in [-0.15, -0.1) is 11.8 Å². The summed E-state index contributed by atoms with van der Waals surface area (Å²) in [6, 6.07) is 7.60. The van der Waals surface area contributed by atoms with E-state index in [2.05, 4.69) is 43.2 Å². The van der Waals surface area contributed by atoms with Crippen LogP contribution in [0.3, 0.4) is 0 Å². The lowest BCUT2D eigenvalue weighted by Crippen LogP contribution is -2.40. The molecule has 0 spiro atoms. The summed E-state index contributed by atoms with van der Waals surface area (Å²) in [7, 11) is 0. The predicted octanol–water partition coefficient (Wildman–Crippen LogP) is 4.39. The highest BCUT2D eigenvalue weighted by Gasteiger charge is 2.24. The fourth-order valence-electron chi connectivity index (χ4n) is 3.29. The largest absolute Gasteiger partial charge is 0.300 e. The molecule has 1 aliphatic rings. The zero-order chi connectivity index (χ0) is 13.7. The van der Waals surface area contributed by atoms with E-state index in [1.54, 1.807) is 11.1 Å². The summed E-state index contributed by atoms with van der Waals surface area (Å²) < 4.78 is 0. The molecule has 2 heteroatoms. The van der Waals surface area contributed by atoms with E-state index < -0.39 is 0 Å². The molecule has 106 valence electrons. The van der Waals surface area contributed by atoms with Gasteiger partial charge >= 0.3 is 0 Å². The molecular weight excluding hydrogens is 250 g/mol. The summed E-state index contributed by atoms with van der Waals surface area (Å²) in [6.07, 6.45) is 8.60. The Morgan fingerprint density at radius 1 is 1.21 bits per heavy atom. The molecule has 0 saturated carbocycles. The van der Waals surface area contributed by atoms with Crippen molar-refractivity contribution in [1.29, 1.82) is 0 Å². The standard InChI is InChI=1S/C17H27NS/c1-4-11-18(12-5-2)15-10-9-14-7-6-8-17(19-3)16(14)13-15/h6-8,15H,4-5,9-13H2,1-3H3/t15-/m1/s1. The average Bonchev–Trinajstić information content (AvgIpc) is 2.46. The molecule has 0 amide bonds. The number of thioether (sulfide) groups is 1. The first kappa shape index (κ1) is 14.9. The van der Waals surface area contributed by atoms with Gasteiger partial charge in [0.1, 0.15) is 0 Å². The number of benzene rings is 1. The van der Waals surface area contributed by atoms with Gasteiger partial charge in [-0.2, -0.15) is 0 Å². The van der Waals surface area contributed by atoms with Crippen LogP contribution in [0.4, 0.5) is 0 Å². The van der Waals surface area contributed by atoms with Gasteiger partial charge in [0, 0.05) is 10.9 Å². The highest BCUT2D eigenvalue weighted by atomic mass is 32.2. The summed E-state index contributed by atoms with van der Waals surface area (Å²) in [5.74, 6) is 0. The molecule has 0 saturated heterocycles. The zero-order valence-electron chi connectivity index (χ0n) is 12.6. The van der Waals surface area contributed by atoms with E-state index in [1.165, 1.54) is 50.1 Å². The second kappa shape index (κ2) is 7.35. The van der Waals surface area contributed by atoms with E-state index >= 15 is 0 Å². The van der Waals surface area contributed by atoms with Gasteiger partial charge in [-0.25, -0.2) is 0 Å². The Balaban J connectivity index is 2.15. The highest BCUT2D eigenvalue weighted by molar-refractivity contribution is 7.98. The van der Waals surface area contributed by atoms with Gasteiger partial charge in [0.2, 0.25) is 0 Å². The van der Waals surface area contributed by atoms with Crippen molar-refractivity contribution in [3.05, 3.63) is 29.3 Å². The second-order valence-electron chi connectivity index (χ2n) is 5.53. The minimum Gasteiger partial charge on any atom is -0.300 e. The Labute approximate surface area is 122 Å². The highest BCUT2D eigenvalue weighted by Crippen LogP contribution is 2.31. The number of nitrogens with zero attached hydrogens (tertiary/aromatic N) is 1. The Bertz CT molecular complexity index is 382. The minimum atomic E-state index is 0.765. The van der Waals surface area contributed by atoms with Gasteiger partial charge in [-0.3, -0.25) is 0 Å². The number of fused-ring (bicyclic) bond motifs is 1. The topological polar surface area (TPSA) is 3.24 Å². The van der Waals surface area contributed by atoms with Crippen LogP contribution >= 0.6 is 11.8 Å². The van der Waals surface area contributed by atoms with Crippen LogP contribution in [-0.4, -0.2) is 30.3 Å². The van der Waals surface area contributed by atoms with E-state index in [0.29, 0.717) is 0 Å². The van der Waals surface area contributed by atoms with Crippen molar-refractivity contribution in [3.8, 4) is 0 Å². The summed E-state index contributed by atoms with van der Waals surface area (Å²) in [6.45, 7) is 7.12. The van der Waals surface area contributed by atoms with Gasteiger partial charge in [-0.1, -0.05) is 26.0 Å². The maximum atomic E-state index is 2.72. The van der Waals surface area contributed by atoms with Crippen molar-refractivity contribution < 1.29 is 0 Å². The maximum absolute atomic E-state index is 2.72. The molecule has 0 bridgehead atoms. The van der Waals surface area contributed by atoms with E-state index in [4.69, 9.17) is 0 Å². The third kappa shape index (κ3) is 3.55. The van der Waals surface area contributed by atoms with Crippen LogP contribution < -0.4 is 0 Å². The van der Waals surface area contributed by atoms with E-state index in [-0.39, 0.29) is 0 Å². The predicted molar refractivity (Wildman–Crippen MR) is 86.2 cm³/mol. The summed E-state index contributed by atoms with van der Waals surface area (Å²) in [5.41, 5.74) is 3.22. The van der Waals surface area contributed by atoms with Gasteiger partial charge in [0.15, 0.2) is 0 Å². The van der Waals surface area contributed by atoms with Crippen molar-refractivity contribution in [2.75, 3.05) is 19.3 Å². The van der Waals surface area contributed by atoms with E-state index in [1.807, 2.05) is 11.8 Å². The molecule has 0 N–H and O–H groups in total. The lowest BCUT2D eigenvalue weighted by atomic mass is 9.87. The monoisotopic (exact) mass is 277 g/mol. The normalized spacial score (nSPS) is 18.6. The smallest absolute Gasteiger partial charge is 0.0139 e. The Hall–Kier alpha value is -0.470. The number of aryl methyl sites for hydroxylation is 1. The summed E-state index contributed by atoms with van der Waals surface area (Å²) >= 11 is 1.91. The van der Waals surface area contributed by atoms with Crippen molar-refractivity contribution in [3.63, 3.8) is 0 Å². The Kier molecular flexibility index (Phi) is 5.77. The van der Waals surface area contributed by atoms with Crippen molar-refractivity contribution in [2.45, 2.75) is 56.9 Å². The van der Waals surface area contributed by atoms with Crippen LogP contribution in [0.5, 0.6) is 0 Å². The quantitative estimate of drug-likeness (QED) is 0.710. The molecule has 1 atom stereocenters. The molecule has 1 aliphatic carbocycles. The Morgan fingerprint density at radius 3 is 2.58 bits per heavy atom. The fraction of sp³-hybridized carbons (Fsp3) is 0.647.